The second kappa shape index (κ2) is 8.51. The van der Waals surface area contributed by atoms with Gasteiger partial charge in [-0.3, -0.25) is 14.4 Å². The lowest BCUT2D eigenvalue weighted by Crippen LogP contribution is -2.36. The van der Waals surface area contributed by atoms with E-state index in [0.29, 0.717) is 23.3 Å². The van der Waals surface area contributed by atoms with Crippen LogP contribution in [0.4, 0.5) is 0 Å². The molecule has 0 aromatic heterocycles. The number of fused-ring (bicyclic) bond motifs is 3. The molecule has 1 fully saturated rings. The van der Waals surface area contributed by atoms with Gasteiger partial charge < -0.3 is 9.47 Å². The Bertz CT molecular complexity index is 753. The zero-order valence-electron chi connectivity index (χ0n) is 15.9. The molecule has 3 atom stereocenters. The number of rotatable bonds is 8. The lowest BCUT2D eigenvalue weighted by Gasteiger charge is -2.28. The molecule has 1 aliphatic carbocycles. The summed E-state index contributed by atoms with van der Waals surface area (Å²) in [5, 5.41) is 0. The van der Waals surface area contributed by atoms with Crippen molar-refractivity contribution < 1.29 is 23.9 Å². The van der Waals surface area contributed by atoms with Gasteiger partial charge in [-0.15, -0.1) is 0 Å². The van der Waals surface area contributed by atoms with Gasteiger partial charge in [-0.05, 0) is 37.1 Å². The minimum Gasteiger partial charge on any atom is -0.465 e. The van der Waals surface area contributed by atoms with E-state index in [1.807, 2.05) is 13.0 Å². The van der Waals surface area contributed by atoms with Crippen molar-refractivity contribution in [3.63, 3.8) is 0 Å². The summed E-state index contributed by atoms with van der Waals surface area (Å²) in [6, 6.07) is 0. The van der Waals surface area contributed by atoms with Crippen molar-refractivity contribution in [1.82, 2.24) is 0 Å². The highest BCUT2D eigenvalue weighted by atomic mass is 16.6. The van der Waals surface area contributed by atoms with Crippen LogP contribution >= 0.6 is 0 Å². The van der Waals surface area contributed by atoms with Crippen LogP contribution in [0.5, 0.6) is 0 Å². The quantitative estimate of drug-likeness (QED) is 0.367. The second-order valence-electron chi connectivity index (χ2n) is 7.23. The smallest absolute Gasteiger partial charge is 0.318 e. The lowest BCUT2D eigenvalue weighted by molar-refractivity contribution is -0.149. The number of unbranched alkanes of at least 4 members (excludes halogenated alkanes) is 4. The molecule has 3 unspecified atom stereocenters. The Hall–Kier alpha value is -2.43. The summed E-state index contributed by atoms with van der Waals surface area (Å²) >= 11 is 0. The van der Waals surface area contributed by atoms with E-state index in [9.17, 15) is 14.4 Å². The summed E-state index contributed by atoms with van der Waals surface area (Å²) in [4.78, 5) is 37.6. The number of ketones is 2. The van der Waals surface area contributed by atoms with Gasteiger partial charge in [-0.1, -0.05) is 38.7 Å². The monoisotopic (exact) mass is 370 g/mol. The molecule has 0 amide bonds. The largest absolute Gasteiger partial charge is 0.465 e. The topological polar surface area (TPSA) is 69.7 Å². The maximum Gasteiger partial charge on any atom is 0.318 e. The van der Waals surface area contributed by atoms with Gasteiger partial charge in [0, 0.05) is 12.0 Å². The van der Waals surface area contributed by atoms with Crippen LogP contribution in [-0.4, -0.2) is 23.6 Å². The van der Waals surface area contributed by atoms with E-state index in [2.05, 4.69) is 6.92 Å². The van der Waals surface area contributed by atoms with Crippen LogP contribution in [0.25, 0.3) is 0 Å². The molecular formula is C22H26O5. The first-order valence-corrected chi connectivity index (χ1v) is 9.77. The Morgan fingerprint density at radius 3 is 2.67 bits per heavy atom. The van der Waals surface area contributed by atoms with E-state index in [0.717, 1.165) is 32.1 Å². The van der Waals surface area contributed by atoms with Crippen molar-refractivity contribution in [3.8, 4) is 0 Å². The minimum atomic E-state index is -0.916. The van der Waals surface area contributed by atoms with Gasteiger partial charge in [0.25, 0.3) is 0 Å². The molecule has 2 heterocycles. The van der Waals surface area contributed by atoms with Gasteiger partial charge in [0.2, 0.25) is 0 Å². The number of Topliss-reactive ketones (excluding diaryl/α,β-unsaturated/α-hetero) is 1. The Morgan fingerprint density at radius 2 is 1.93 bits per heavy atom. The van der Waals surface area contributed by atoms with Crippen LogP contribution in [-0.2, 0) is 23.9 Å². The highest BCUT2D eigenvalue weighted by Gasteiger charge is 2.54. The molecule has 3 rings (SSSR count). The predicted octanol–water partition coefficient (Wildman–Crippen LogP) is 3.96. The number of hydrogen-bond donors (Lipinski definition) is 0. The molecule has 1 saturated heterocycles. The van der Waals surface area contributed by atoms with Crippen molar-refractivity contribution in [2.45, 2.75) is 58.5 Å². The maximum atomic E-state index is 12.8. The third-order valence-electron chi connectivity index (χ3n) is 5.28. The molecule has 0 bridgehead atoms. The fraction of sp³-hybridized carbons (Fsp3) is 0.500. The summed E-state index contributed by atoms with van der Waals surface area (Å²) in [6.07, 6.45) is 13.0. The van der Waals surface area contributed by atoms with Crippen LogP contribution in [0.2, 0.25) is 0 Å². The van der Waals surface area contributed by atoms with Gasteiger partial charge in [0.05, 0.1) is 12.2 Å². The standard InChI is InChI=1S/C22H26O5/c1-3-5-6-7-8-10-17(23)20-19-16-13-26-15(9-4-2)11-14(16)12-18(24)21(19)27-22(20)25/h4,9,11-13,19-21H,3,5-8,10H2,1-2H3/b9-4+. The summed E-state index contributed by atoms with van der Waals surface area (Å²) in [6.45, 7) is 4.01. The first-order chi connectivity index (χ1) is 13.1. The summed E-state index contributed by atoms with van der Waals surface area (Å²) in [5.41, 5.74) is 1.39. The second-order valence-corrected chi connectivity index (χ2v) is 7.23. The van der Waals surface area contributed by atoms with Gasteiger partial charge in [0.15, 0.2) is 11.9 Å². The minimum absolute atomic E-state index is 0.137. The number of esters is 1. The van der Waals surface area contributed by atoms with Gasteiger partial charge >= 0.3 is 5.97 Å². The fourth-order valence-corrected chi connectivity index (χ4v) is 3.91. The molecule has 3 aliphatic rings. The average molecular weight is 370 g/mol. The molecule has 0 aromatic rings. The third kappa shape index (κ3) is 3.97. The fourth-order valence-electron chi connectivity index (χ4n) is 3.91. The molecule has 0 saturated carbocycles. The van der Waals surface area contributed by atoms with E-state index < -0.39 is 23.9 Å². The third-order valence-corrected chi connectivity index (χ3v) is 5.28. The molecular weight excluding hydrogens is 344 g/mol. The van der Waals surface area contributed by atoms with Gasteiger partial charge in [-0.25, -0.2) is 0 Å². The normalized spacial score (nSPS) is 26.6. The predicted molar refractivity (Wildman–Crippen MR) is 100 cm³/mol. The van der Waals surface area contributed by atoms with Crippen molar-refractivity contribution >= 4 is 17.5 Å². The summed E-state index contributed by atoms with van der Waals surface area (Å²) in [5.74, 6) is -1.88. The Balaban J connectivity index is 1.77. The molecule has 2 aliphatic heterocycles. The summed E-state index contributed by atoms with van der Waals surface area (Å²) < 4.78 is 10.9. The molecule has 5 nitrogen and oxygen atoms in total. The van der Waals surface area contributed by atoms with Crippen LogP contribution in [0.1, 0.15) is 52.4 Å². The van der Waals surface area contributed by atoms with Crippen molar-refractivity contribution in [2.24, 2.45) is 11.8 Å². The zero-order valence-corrected chi connectivity index (χ0v) is 15.9. The average Bonchev–Trinajstić information content (AvgIpc) is 2.99. The number of ether oxygens (including phenoxy) is 2. The Kier molecular flexibility index (Phi) is 6.09. The number of carbonyl (C=O) groups excluding carboxylic acids is 3. The van der Waals surface area contributed by atoms with Crippen LogP contribution in [0.3, 0.4) is 0 Å². The van der Waals surface area contributed by atoms with E-state index in [4.69, 9.17) is 9.47 Å². The molecule has 27 heavy (non-hydrogen) atoms. The molecule has 0 aromatic carbocycles. The van der Waals surface area contributed by atoms with E-state index >= 15 is 0 Å². The molecule has 0 N–H and O–H groups in total. The molecule has 0 spiro atoms. The lowest BCUT2D eigenvalue weighted by atomic mass is 9.73. The number of allylic oxidation sites excluding steroid dienone is 4. The molecule has 144 valence electrons. The summed E-state index contributed by atoms with van der Waals surface area (Å²) in [7, 11) is 0. The zero-order chi connectivity index (χ0) is 19.4. The van der Waals surface area contributed by atoms with E-state index in [-0.39, 0.29) is 11.6 Å². The maximum absolute atomic E-state index is 12.8. The van der Waals surface area contributed by atoms with Gasteiger partial charge in [-0.2, -0.15) is 0 Å². The first-order valence-electron chi connectivity index (χ1n) is 9.77. The molecule has 5 heteroatoms. The van der Waals surface area contributed by atoms with E-state index in [1.54, 1.807) is 18.4 Å². The van der Waals surface area contributed by atoms with Crippen LogP contribution < -0.4 is 0 Å². The SMILES string of the molecule is C/C=C/C1=CC2=CC(=O)C3OC(=O)C(C(=O)CCCCCCC)C3C2=CO1. The first kappa shape index (κ1) is 19.3. The van der Waals surface area contributed by atoms with Crippen LogP contribution in [0, 0.1) is 11.8 Å². The number of hydrogen-bond acceptors (Lipinski definition) is 5. The highest BCUT2D eigenvalue weighted by molar-refractivity contribution is 6.07. The molecule has 0 radical (unpaired) electrons. The number of carbonyl (C=O) groups is 3. The highest BCUT2D eigenvalue weighted by Crippen LogP contribution is 2.44. The Labute approximate surface area is 159 Å². The van der Waals surface area contributed by atoms with Crippen LogP contribution in [0.15, 0.2) is 47.5 Å². The Morgan fingerprint density at radius 1 is 1.15 bits per heavy atom. The van der Waals surface area contributed by atoms with Crippen molar-refractivity contribution in [1.29, 1.82) is 0 Å². The van der Waals surface area contributed by atoms with E-state index in [1.165, 1.54) is 6.08 Å². The van der Waals surface area contributed by atoms with Crippen molar-refractivity contribution in [2.75, 3.05) is 0 Å². The van der Waals surface area contributed by atoms with Gasteiger partial charge in [0.1, 0.15) is 17.5 Å². The van der Waals surface area contributed by atoms with Crippen molar-refractivity contribution in [3.05, 3.63) is 47.5 Å².